The molecule has 1 aliphatic carbocycles. The van der Waals surface area contributed by atoms with Gasteiger partial charge in [0.25, 0.3) is 0 Å². The standard InChI is InChI=1S/C17H25BrO/c1-11(2)16-10-14(18)6-8-17(16)19-15-7-5-12(3)13(4)9-15/h6,8,10-13,15H,5,7,9H2,1-4H3. The van der Waals surface area contributed by atoms with Crippen LogP contribution in [0.5, 0.6) is 5.75 Å². The Morgan fingerprint density at radius 3 is 2.53 bits per heavy atom. The third kappa shape index (κ3) is 3.75. The zero-order chi connectivity index (χ0) is 14.0. The molecule has 2 rings (SSSR count). The third-order valence-electron chi connectivity index (χ3n) is 4.44. The molecule has 0 heterocycles. The smallest absolute Gasteiger partial charge is 0.123 e. The van der Waals surface area contributed by atoms with E-state index in [1.807, 2.05) is 0 Å². The molecule has 1 fully saturated rings. The van der Waals surface area contributed by atoms with Crippen LogP contribution in [0.15, 0.2) is 22.7 Å². The van der Waals surface area contributed by atoms with Crippen molar-refractivity contribution in [3.63, 3.8) is 0 Å². The summed E-state index contributed by atoms with van der Waals surface area (Å²) in [6.07, 6.45) is 4.07. The predicted molar refractivity (Wildman–Crippen MR) is 84.8 cm³/mol. The highest BCUT2D eigenvalue weighted by Crippen LogP contribution is 2.35. The van der Waals surface area contributed by atoms with Gasteiger partial charge in [0.15, 0.2) is 0 Å². The Balaban J connectivity index is 2.11. The highest BCUT2D eigenvalue weighted by molar-refractivity contribution is 9.10. The summed E-state index contributed by atoms with van der Waals surface area (Å²) >= 11 is 3.55. The fourth-order valence-corrected chi connectivity index (χ4v) is 3.24. The summed E-state index contributed by atoms with van der Waals surface area (Å²) in [5.41, 5.74) is 1.31. The molecular weight excluding hydrogens is 300 g/mol. The molecule has 1 aromatic rings. The first kappa shape index (κ1) is 14.9. The van der Waals surface area contributed by atoms with Crippen LogP contribution in [0.3, 0.4) is 0 Å². The first-order chi connectivity index (χ1) is 8.97. The fourth-order valence-electron chi connectivity index (χ4n) is 2.86. The third-order valence-corrected chi connectivity index (χ3v) is 4.93. The van der Waals surface area contributed by atoms with Gasteiger partial charge in [0.1, 0.15) is 5.75 Å². The molecule has 19 heavy (non-hydrogen) atoms. The topological polar surface area (TPSA) is 9.23 Å². The first-order valence-electron chi connectivity index (χ1n) is 7.43. The van der Waals surface area contributed by atoms with Crippen molar-refractivity contribution in [2.75, 3.05) is 0 Å². The van der Waals surface area contributed by atoms with Gasteiger partial charge >= 0.3 is 0 Å². The Morgan fingerprint density at radius 1 is 1.16 bits per heavy atom. The molecule has 0 aliphatic heterocycles. The summed E-state index contributed by atoms with van der Waals surface area (Å²) in [4.78, 5) is 0. The van der Waals surface area contributed by atoms with E-state index in [4.69, 9.17) is 4.74 Å². The Morgan fingerprint density at radius 2 is 1.89 bits per heavy atom. The molecule has 0 spiro atoms. The Kier molecular flexibility index (Phi) is 4.94. The average molecular weight is 325 g/mol. The van der Waals surface area contributed by atoms with Crippen molar-refractivity contribution in [2.24, 2.45) is 11.8 Å². The van der Waals surface area contributed by atoms with E-state index in [9.17, 15) is 0 Å². The van der Waals surface area contributed by atoms with Crippen molar-refractivity contribution in [1.29, 1.82) is 0 Å². The molecule has 3 atom stereocenters. The summed E-state index contributed by atoms with van der Waals surface area (Å²) in [5, 5.41) is 0. The van der Waals surface area contributed by atoms with Gasteiger partial charge in [-0.05, 0) is 60.8 Å². The van der Waals surface area contributed by atoms with Gasteiger partial charge < -0.3 is 4.74 Å². The molecular formula is C17H25BrO. The second-order valence-corrected chi connectivity index (χ2v) is 7.26. The van der Waals surface area contributed by atoms with Crippen molar-refractivity contribution in [3.05, 3.63) is 28.2 Å². The molecule has 1 aromatic carbocycles. The number of benzene rings is 1. The van der Waals surface area contributed by atoms with Crippen molar-refractivity contribution < 1.29 is 4.74 Å². The van der Waals surface area contributed by atoms with Crippen molar-refractivity contribution in [1.82, 2.24) is 0 Å². The monoisotopic (exact) mass is 324 g/mol. The van der Waals surface area contributed by atoms with Gasteiger partial charge in [0.2, 0.25) is 0 Å². The molecule has 1 nitrogen and oxygen atoms in total. The van der Waals surface area contributed by atoms with Gasteiger partial charge in [-0.25, -0.2) is 0 Å². The minimum Gasteiger partial charge on any atom is -0.490 e. The molecule has 0 amide bonds. The van der Waals surface area contributed by atoms with Crippen molar-refractivity contribution in [3.8, 4) is 5.75 Å². The highest BCUT2D eigenvalue weighted by Gasteiger charge is 2.26. The normalized spacial score (nSPS) is 27.6. The molecule has 0 radical (unpaired) electrons. The van der Waals surface area contributed by atoms with E-state index in [2.05, 4.69) is 61.8 Å². The van der Waals surface area contributed by atoms with Crippen LogP contribution < -0.4 is 4.74 Å². The zero-order valence-electron chi connectivity index (χ0n) is 12.4. The Labute approximate surface area is 125 Å². The summed E-state index contributed by atoms with van der Waals surface area (Å²) in [5.74, 6) is 3.18. The van der Waals surface area contributed by atoms with E-state index < -0.39 is 0 Å². The Bertz CT molecular complexity index is 427. The van der Waals surface area contributed by atoms with Crippen LogP contribution in [0.1, 0.15) is 58.4 Å². The van der Waals surface area contributed by atoms with Crippen LogP contribution in [0.4, 0.5) is 0 Å². The lowest BCUT2D eigenvalue weighted by atomic mass is 9.80. The molecule has 0 aromatic heterocycles. The van der Waals surface area contributed by atoms with Crippen molar-refractivity contribution in [2.45, 2.75) is 59.0 Å². The number of hydrogen-bond donors (Lipinski definition) is 0. The van der Waals surface area contributed by atoms with Crippen LogP contribution in [0, 0.1) is 11.8 Å². The number of halogens is 1. The van der Waals surface area contributed by atoms with Crippen LogP contribution >= 0.6 is 15.9 Å². The lowest BCUT2D eigenvalue weighted by Crippen LogP contribution is -2.29. The lowest BCUT2D eigenvalue weighted by molar-refractivity contribution is 0.0994. The van der Waals surface area contributed by atoms with Crippen LogP contribution in [-0.2, 0) is 0 Å². The van der Waals surface area contributed by atoms with E-state index >= 15 is 0 Å². The number of rotatable bonds is 3. The zero-order valence-corrected chi connectivity index (χ0v) is 14.0. The largest absolute Gasteiger partial charge is 0.490 e. The second kappa shape index (κ2) is 6.30. The molecule has 0 bridgehead atoms. The van der Waals surface area contributed by atoms with Gasteiger partial charge in [0, 0.05) is 4.47 Å². The summed E-state index contributed by atoms with van der Waals surface area (Å²) in [6, 6.07) is 6.38. The number of ether oxygens (including phenoxy) is 1. The van der Waals surface area contributed by atoms with Gasteiger partial charge in [-0.3, -0.25) is 0 Å². The molecule has 0 N–H and O–H groups in total. The second-order valence-electron chi connectivity index (χ2n) is 6.34. The Hall–Kier alpha value is -0.500. The van der Waals surface area contributed by atoms with E-state index in [1.54, 1.807) is 0 Å². The summed E-state index contributed by atoms with van der Waals surface area (Å²) < 4.78 is 7.43. The summed E-state index contributed by atoms with van der Waals surface area (Å²) in [6.45, 7) is 9.16. The van der Waals surface area contributed by atoms with E-state index in [0.717, 1.165) is 22.1 Å². The first-order valence-corrected chi connectivity index (χ1v) is 8.22. The molecule has 1 aliphatic rings. The predicted octanol–water partition coefficient (Wildman–Crippen LogP) is 5.78. The molecule has 3 unspecified atom stereocenters. The highest BCUT2D eigenvalue weighted by atomic mass is 79.9. The maximum absolute atomic E-state index is 6.30. The van der Waals surface area contributed by atoms with E-state index in [0.29, 0.717) is 12.0 Å². The molecule has 106 valence electrons. The van der Waals surface area contributed by atoms with E-state index in [-0.39, 0.29) is 0 Å². The average Bonchev–Trinajstić information content (AvgIpc) is 2.36. The molecule has 2 heteroatoms. The van der Waals surface area contributed by atoms with Crippen LogP contribution in [0.2, 0.25) is 0 Å². The van der Waals surface area contributed by atoms with Gasteiger partial charge in [-0.2, -0.15) is 0 Å². The maximum atomic E-state index is 6.30. The van der Waals surface area contributed by atoms with Crippen molar-refractivity contribution >= 4 is 15.9 Å². The number of hydrogen-bond acceptors (Lipinski definition) is 1. The molecule has 0 saturated heterocycles. The summed E-state index contributed by atoms with van der Waals surface area (Å²) in [7, 11) is 0. The SMILES string of the molecule is CC(C)c1cc(Br)ccc1OC1CCC(C)C(C)C1. The quantitative estimate of drug-likeness (QED) is 0.685. The van der Waals surface area contributed by atoms with Gasteiger partial charge in [-0.15, -0.1) is 0 Å². The lowest BCUT2D eigenvalue weighted by Gasteiger charge is -2.33. The minimum absolute atomic E-state index is 0.393. The minimum atomic E-state index is 0.393. The van der Waals surface area contributed by atoms with Crippen LogP contribution in [-0.4, -0.2) is 6.10 Å². The van der Waals surface area contributed by atoms with E-state index in [1.165, 1.54) is 24.8 Å². The van der Waals surface area contributed by atoms with Gasteiger partial charge in [-0.1, -0.05) is 43.6 Å². The van der Waals surface area contributed by atoms with Gasteiger partial charge in [0.05, 0.1) is 6.10 Å². The fraction of sp³-hybridized carbons (Fsp3) is 0.647. The van der Waals surface area contributed by atoms with Crippen LogP contribution in [0.25, 0.3) is 0 Å². The molecule has 1 saturated carbocycles. The maximum Gasteiger partial charge on any atom is 0.123 e.